The maximum atomic E-state index is 13.6. The van der Waals surface area contributed by atoms with E-state index in [0.29, 0.717) is 0 Å². The van der Waals surface area contributed by atoms with Gasteiger partial charge in [0.25, 0.3) is 0 Å². The normalized spacial score (nSPS) is 29.5. The first-order valence-electron chi connectivity index (χ1n) is 12.2. The zero-order valence-corrected chi connectivity index (χ0v) is 22.3. The van der Waals surface area contributed by atoms with Crippen LogP contribution in [-0.4, -0.2) is 75.0 Å². The molecule has 0 spiro atoms. The van der Waals surface area contributed by atoms with Crippen LogP contribution in [0.4, 0.5) is 0 Å². The fourth-order valence-corrected chi connectivity index (χ4v) is 5.69. The lowest BCUT2D eigenvalue weighted by Gasteiger charge is -2.42. The number of carbonyl (C=O) groups is 3. The molecule has 210 valence electrons. The van der Waals surface area contributed by atoms with E-state index < -0.39 is 65.1 Å². The van der Waals surface area contributed by atoms with Gasteiger partial charge in [-0.15, -0.1) is 12.4 Å². The number of aliphatic hydroxyl groups excluding tert-OH is 1. The summed E-state index contributed by atoms with van der Waals surface area (Å²) in [5.74, 6) is -3.10. The average Bonchev–Trinajstić information content (AvgIpc) is 2.85. The van der Waals surface area contributed by atoms with Crippen LogP contribution in [0.25, 0.3) is 0 Å². The van der Waals surface area contributed by atoms with Crippen molar-refractivity contribution in [2.45, 2.75) is 69.4 Å². The van der Waals surface area contributed by atoms with Crippen molar-refractivity contribution in [1.29, 1.82) is 0 Å². The SMILES string of the molecule is COc1c2c(c(O)c3c1C(OC1CC(N)C(O)C(C)O1)CC(O)(C(C)=O)C3)C(=O)c1cccc(O)c1C2=O.Cl. The Hall–Kier alpha value is -3.06. The van der Waals surface area contributed by atoms with E-state index in [9.17, 15) is 34.8 Å². The average molecular weight is 564 g/mol. The van der Waals surface area contributed by atoms with Crippen LogP contribution in [0.15, 0.2) is 18.2 Å². The highest BCUT2D eigenvalue weighted by molar-refractivity contribution is 6.31. The van der Waals surface area contributed by atoms with E-state index in [2.05, 4.69) is 0 Å². The highest BCUT2D eigenvalue weighted by Gasteiger charge is 2.49. The molecule has 1 aliphatic heterocycles. The molecule has 2 aromatic rings. The van der Waals surface area contributed by atoms with Crippen molar-refractivity contribution in [3.63, 3.8) is 0 Å². The predicted octanol–water partition coefficient (Wildman–Crippen LogP) is 1.45. The lowest BCUT2D eigenvalue weighted by atomic mass is 9.72. The number of rotatable bonds is 4. The number of ether oxygens (including phenoxy) is 3. The molecular weight excluding hydrogens is 534 g/mol. The molecule has 0 amide bonds. The molecule has 11 nitrogen and oxygen atoms in total. The maximum Gasteiger partial charge on any atom is 0.202 e. The summed E-state index contributed by atoms with van der Waals surface area (Å²) >= 11 is 0. The van der Waals surface area contributed by atoms with E-state index in [-0.39, 0.29) is 70.8 Å². The Morgan fingerprint density at radius 3 is 2.46 bits per heavy atom. The van der Waals surface area contributed by atoms with Crippen molar-refractivity contribution in [1.82, 2.24) is 0 Å². The van der Waals surface area contributed by atoms with Crippen LogP contribution in [0.2, 0.25) is 0 Å². The van der Waals surface area contributed by atoms with Crippen LogP contribution in [-0.2, 0) is 20.7 Å². The molecule has 12 heteroatoms. The van der Waals surface area contributed by atoms with Crippen molar-refractivity contribution in [3.8, 4) is 17.2 Å². The van der Waals surface area contributed by atoms with E-state index in [1.165, 1.54) is 32.2 Å². The van der Waals surface area contributed by atoms with E-state index >= 15 is 0 Å². The molecule has 1 fully saturated rings. The zero-order chi connectivity index (χ0) is 27.7. The fourth-order valence-electron chi connectivity index (χ4n) is 5.69. The number of methoxy groups -OCH3 is 1. The number of halogens is 1. The Labute approximate surface area is 229 Å². The molecule has 2 aromatic carbocycles. The van der Waals surface area contributed by atoms with Gasteiger partial charge in [-0.3, -0.25) is 14.4 Å². The van der Waals surface area contributed by atoms with Crippen molar-refractivity contribution in [2.24, 2.45) is 5.73 Å². The molecule has 1 saturated heterocycles. The number of hydrogen-bond donors (Lipinski definition) is 5. The van der Waals surface area contributed by atoms with Crippen molar-refractivity contribution >= 4 is 29.8 Å². The first kappa shape index (κ1) is 28.9. The second-order valence-electron chi connectivity index (χ2n) is 10.1. The van der Waals surface area contributed by atoms with Gasteiger partial charge in [-0.05, 0) is 19.9 Å². The Morgan fingerprint density at radius 1 is 1.15 bits per heavy atom. The summed E-state index contributed by atoms with van der Waals surface area (Å²) in [6.45, 7) is 2.83. The van der Waals surface area contributed by atoms with Crippen LogP contribution in [0.5, 0.6) is 17.2 Å². The predicted molar refractivity (Wildman–Crippen MR) is 138 cm³/mol. The quantitative estimate of drug-likeness (QED) is 0.309. The summed E-state index contributed by atoms with van der Waals surface area (Å²) in [6, 6.07) is 3.37. The number of aliphatic hydroxyl groups is 2. The Morgan fingerprint density at radius 2 is 1.85 bits per heavy atom. The monoisotopic (exact) mass is 563 g/mol. The molecular formula is C27H30ClNO10. The molecule has 0 saturated carbocycles. The van der Waals surface area contributed by atoms with Gasteiger partial charge in [0.05, 0.1) is 42.1 Å². The van der Waals surface area contributed by atoms with Crippen molar-refractivity contribution in [3.05, 3.63) is 51.6 Å². The number of phenolic OH excluding ortho intramolecular Hbond substituents is 2. The molecule has 0 radical (unpaired) electrons. The third-order valence-electron chi connectivity index (χ3n) is 7.78. The summed E-state index contributed by atoms with van der Waals surface area (Å²) < 4.78 is 17.6. The van der Waals surface area contributed by atoms with Crippen LogP contribution >= 0.6 is 12.4 Å². The molecule has 6 atom stereocenters. The molecule has 0 aromatic heterocycles. The van der Waals surface area contributed by atoms with Gasteiger partial charge in [0.1, 0.15) is 22.8 Å². The number of ketones is 3. The zero-order valence-electron chi connectivity index (χ0n) is 21.5. The summed E-state index contributed by atoms with van der Waals surface area (Å²) in [4.78, 5) is 39.6. The van der Waals surface area contributed by atoms with E-state index in [4.69, 9.17) is 19.9 Å². The van der Waals surface area contributed by atoms with Gasteiger partial charge in [0.2, 0.25) is 5.78 Å². The lowest BCUT2D eigenvalue weighted by Crippen LogP contribution is -2.52. The Bertz CT molecular complexity index is 1370. The van der Waals surface area contributed by atoms with Crippen LogP contribution in [0, 0.1) is 0 Å². The van der Waals surface area contributed by atoms with Crippen LogP contribution in [0.3, 0.4) is 0 Å². The second kappa shape index (κ2) is 10.2. The van der Waals surface area contributed by atoms with Crippen LogP contribution < -0.4 is 10.5 Å². The molecule has 5 rings (SSSR count). The third-order valence-corrected chi connectivity index (χ3v) is 7.78. The minimum absolute atomic E-state index is 0. The largest absolute Gasteiger partial charge is 0.507 e. The third kappa shape index (κ3) is 4.39. The smallest absolute Gasteiger partial charge is 0.202 e. The van der Waals surface area contributed by atoms with Gasteiger partial charge in [-0.2, -0.15) is 0 Å². The Balaban J connectivity index is 0.00000353. The maximum absolute atomic E-state index is 13.6. The second-order valence-corrected chi connectivity index (χ2v) is 10.1. The number of carbonyl (C=O) groups excluding carboxylic acids is 3. The minimum Gasteiger partial charge on any atom is -0.507 e. The van der Waals surface area contributed by atoms with Gasteiger partial charge >= 0.3 is 0 Å². The lowest BCUT2D eigenvalue weighted by molar-refractivity contribution is -0.247. The number of Topliss-reactive ketones (excluding diaryl/α,β-unsaturated/α-hetero) is 1. The molecule has 3 aliphatic rings. The number of nitrogens with two attached hydrogens (primary N) is 1. The number of benzene rings is 2. The first-order valence-corrected chi connectivity index (χ1v) is 12.2. The number of hydrogen-bond acceptors (Lipinski definition) is 11. The standard InChI is InChI=1S/C27H29NO10.ClH/c1-10-22(31)14(28)7-17(37-10)38-16-9-27(35,11(2)29)8-13-19(16)26(36-3)21-20(24(13)33)23(32)12-5-4-6-15(30)18(12)25(21)34;/h4-6,10,14,16-17,22,30-31,33,35H,7-9,28H2,1-3H3;1H. The topological polar surface area (TPSA) is 186 Å². The van der Waals surface area contributed by atoms with E-state index in [1.54, 1.807) is 6.92 Å². The van der Waals surface area contributed by atoms with Gasteiger partial charge in [0, 0.05) is 42.0 Å². The van der Waals surface area contributed by atoms with Crippen molar-refractivity contribution < 1.29 is 49.0 Å². The van der Waals surface area contributed by atoms with Crippen LogP contribution in [0.1, 0.15) is 75.8 Å². The van der Waals surface area contributed by atoms with Gasteiger partial charge in [0.15, 0.2) is 17.9 Å². The van der Waals surface area contributed by atoms with E-state index in [0.717, 1.165) is 0 Å². The number of aromatic hydroxyl groups is 2. The fraction of sp³-hybridized carbons (Fsp3) is 0.444. The molecule has 6 unspecified atom stereocenters. The molecule has 0 bridgehead atoms. The molecule has 2 aliphatic carbocycles. The van der Waals surface area contributed by atoms with Crippen molar-refractivity contribution in [2.75, 3.05) is 7.11 Å². The summed E-state index contributed by atoms with van der Waals surface area (Å²) in [5.41, 5.74) is 3.35. The highest BCUT2D eigenvalue weighted by Crippen LogP contribution is 2.52. The van der Waals surface area contributed by atoms with Gasteiger partial charge in [-0.1, -0.05) is 12.1 Å². The number of phenols is 2. The Kier molecular flexibility index (Phi) is 7.54. The van der Waals surface area contributed by atoms with Gasteiger partial charge < -0.3 is 40.4 Å². The number of fused-ring (bicyclic) bond motifs is 3. The molecule has 1 heterocycles. The minimum atomic E-state index is -1.96. The summed E-state index contributed by atoms with van der Waals surface area (Å²) in [6.07, 6.45) is -4.22. The van der Waals surface area contributed by atoms with E-state index in [1.807, 2.05) is 0 Å². The summed E-state index contributed by atoms with van der Waals surface area (Å²) in [5, 5.41) is 43.2. The molecule has 39 heavy (non-hydrogen) atoms. The first-order chi connectivity index (χ1) is 17.9. The molecule has 6 N–H and O–H groups in total. The van der Waals surface area contributed by atoms with Gasteiger partial charge in [-0.25, -0.2) is 0 Å². The highest BCUT2D eigenvalue weighted by atomic mass is 35.5. The summed E-state index contributed by atoms with van der Waals surface area (Å²) in [7, 11) is 1.28.